The van der Waals surface area contributed by atoms with Gasteiger partial charge in [0, 0.05) is 11.4 Å². The fourth-order valence-corrected chi connectivity index (χ4v) is 4.17. The molecule has 9 heteroatoms. The number of thioether (sulfide) groups is 1. The summed E-state index contributed by atoms with van der Waals surface area (Å²) in [6, 6.07) is 21.3. The van der Waals surface area contributed by atoms with Crippen LogP contribution in [0.2, 0.25) is 0 Å². The van der Waals surface area contributed by atoms with Gasteiger partial charge in [0.2, 0.25) is 0 Å². The maximum absolute atomic E-state index is 13.8. The average Bonchev–Trinajstić information content (AvgIpc) is 3.26. The third kappa shape index (κ3) is 5.74. The summed E-state index contributed by atoms with van der Waals surface area (Å²) in [5.41, 5.74) is 3.21. The molecular weight excluding hydrogens is 453 g/mol. The van der Waals surface area contributed by atoms with E-state index in [0.717, 1.165) is 22.6 Å². The fraction of sp³-hybridized carbons (Fsp3) is 0.160. The molecule has 2 amide bonds. The molecule has 7 nitrogen and oxygen atoms in total. The van der Waals surface area contributed by atoms with Crippen LogP contribution in [0.5, 0.6) is 5.75 Å². The number of benzene rings is 3. The lowest BCUT2D eigenvalue weighted by Gasteiger charge is -2.12. The second kappa shape index (κ2) is 10.8. The summed E-state index contributed by atoms with van der Waals surface area (Å²) in [7, 11) is 1.64. The van der Waals surface area contributed by atoms with Gasteiger partial charge in [-0.05, 0) is 48.9 Å². The number of hydrogen-bond donors (Lipinski definition) is 2. The molecular formula is C25H24FN5O2S. The number of methoxy groups -OCH3 is 1. The number of nitrogens with zero attached hydrogens (tertiary/aromatic N) is 3. The van der Waals surface area contributed by atoms with Crippen LogP contribution in [0.3, 0.4) is 0 Å². The number of urea groups is 1. The molecule has 0 spiro atoms. The van der Waals surface area contributed by atoms with Crippen LogP contribution in [0.15, 0.2) is 78.0 Å². The van der Waals surface area contributed by atoms with Gasteiger partial charge in [-0.1, -0.05) is 53.7 Å². The topological polar surface area (TPSA) is 81.1 Å². The number of rotatable bonds is 8. The van der Waals surface area contributed by atoms with Gasteiger partial charge < -0.3 is 15.4 Å². The summed E-state index contributed by atoms with van der Waals surface area (Å²) in [6.07, 6.45) is 0. The van der Waals surface area contributed by atoms with Gasteiger partial charge >= 0.3 is 6.03 Å². The lowest BCUT2D eigenvalue weighted by molar-refractivity contribution is 0.251. The predicted molar refractivity (Wildman–Crippen MR) is 131 cm³/mol. The Morgan fingerprint density at radius 1 is 1.06 bits per heavy atom. The Balaban J connectivity index is 1.52. The van der Waals surface area contributed by atoms with Gasteiger partial charge in [0.15, 0.2) is 11.0 Å². The number of carbonyl (C=O) groups is 1. The smallest absolute Gasteiger partial charge is 0.319 e. The molecule has 0 unspecified atom stereocenters. The zero-order valence-corrected chi connectivity index (χ0v) is 19.6. The average molecular weight is 478 g/mol. The molecule has 0 saturated carbocycles. The van der Waals surface area contributed by atoms with Gasteiger partial charge in [-0.3, -0.25) is 4.57 Å². The maximum Gasteiger partial charge on any atom is 0.319 e. The minimum absolute atomic E-state index is 0.106. The molecule has 0 saturated heterocycles. The highest BCUT2D eigenvalue weighted by Gasteiger charge is 2.16. The van der Waals surface area contributed by atoms with E-state index in [0.29, 0.717) is 16.7 Å². The molecule has 0 aliphatic rings. The fourth-order valence-electron chi connectivity index (χ4n) is 3.26. The molecule has 34 heavy (non-hydrogen) atoms. The van der Waals surface area contributed by atoms with E-state index in [1.165, 1.54) is 23.9 Å². The molecule has 0 aliphatic heterocycles. The standard InChI is InChI=1S/C25H24FN5O2S/c1-17-10-12-19(13-11-17)31-23(15-27-24(32)28-22-9-4-3-8-21(22)26)29-30-25(31)34-16-18-6-5-7-20(14-18)33-2/h3-14H,15-16H2,1-2H3,(H2,27,28,32). The van der Waals surface area contributed by atoms with Crippen molar-refractivity contribution in [2.24, 2.45) is 0 Å². The molecule has 1 aromatic heterocycles. The van der Waals surface area contributed by atoms with Gasteiger partial charge in [-0.2, -0.15) is 0 Å². The number of para-hydroxylation sites is 1. The van der Waals surface area contributed by atoms with Crippen molar-refractivity contribution in [2.75, 3.05) is 12.4 Å². The summed E-state index contributed by atoms with van der Waals surface area (Å²) in [5, 5.41) is 14.6. The van der Waals surface area contributed by atoms with Crippen LogP contribution in [0.25, 0.3) is 5.69 Å². The quantitative estimate of drug-likeness (QED) is 0.335. The van der Waals surface area contributed by atoms with E-state index in [4.69, 9.17) is 4.74 Å². The van der Waals surface area contributed by atoms with Gasteiger partial charge in [0.05, 0.1) is 19.3 Å². The largest absolute Gasteiger partial charge is 0.497 e. The van der Waals surface area contributed by atoms with Crippen molar-refractivity contribution >= 4 is 23.5 Å². The van der Waals surface area contributed by atoms with Crippen LogP contribution < -0.4 is 15.4 Å². The first-order valence-corrected chi connectivity index (χ1v) is 11.6. The second-order valence-corrected chi connectivity index (χ2v) is 8.44. The first-order chi connectivity index (χ1) is 16.5. The zero-order valence-electron chi connectivity index (χ0n) is 18.8. The van der Waals surface area contributed by atoms with E-state index >= 15 is 0 Å². The first-order valence-electron chi connectivity index (χ1n) is 10.6. The Labute approximate surface area is 201 Å². The van der Waals surface area contributed by atoms with E-state index in [-0.39, 0.29) is 12.2 Å². The first kappa shape index (κ1) is 23.3. The molecule has 0 aliphatic carbocycles. The summed E-state index contributed by atoms with van der Waals surface area (Å²) >= 11 is 1.53. The molecule has 174 valence electrons. The van der Waals surface area contributed by atoms with E-state index in [9.17, 15) is 9.18 Å². The minimum atomic E-state index is -0.533. The number of aryl methyl sites for hydroxylation is 1. The number of amides is 2. The lowest BCUT2D eigenvalue weighted by atomic mass is 10.2. The third-order valence-corrected chi connectivity index (χ3v) is 6.02. The Kier molecular flexibility index (Phi) is 7.44. The molecule has 0 radical (unpaired) electrons. The number of nitrogens with one attached hydrogen (secondary N) is 2. The summed E-state index contributed by atoms with van der Waals surface area (Å²) in [5.74, 6) is 1.52. The monoisotopic (exact) mass is 477 g/mol. The Hall–Kier alpha value is -3.85. The number of aromatic nitrogens is 3. The van der Waals surface area contributed by atoms with E-state index in [2.05, 4.69) is 20.8 Å². The van der Waals surface area contributed by atoms with Gasteiger partial charge in [0.25, 0.3) is 0 Å². The number of carbonyl (C=O) groups excluding carboxylic acids is 1. The molecule has 1 heterocycles. The second-order valence-electron chi connectivity index (χ2n) is 7.50. The Morgan fingerprint density at radius 3 is 2.62 bits per heavy atom. The van der Waals surface area contributed by atoms with Crippen molar-refractivity contribution in [3.63, 3.8) is 0 Å². The highest BCUT2D eigenvalue weighted by atomic mass is 32.2. The van der Waals surface area contributed by atoms with Crippen molar-refractivity contribution in [2.45, 2.75) is 24.4 Å². The summed E-state index contributed by atoms with van der Waals surface area (Å²) in [4.78, 5) is 12.3. The zero-order chi connectivity index (χ0) is 23.9. The van der Waals surface area contributed by atoms with Crippen molar-refractivity contribution in [3.05, 3.63) is 95.6 Å². The SMILES string of the molecule is COc1cccc(CSc2nnc(CNC(=O)Nc3ccccc3F)n2-c2ccc(C)cc2)c1. The van der Waals surface area contributed by atoms with Crippen LogP contribution in [-0.4, -0.2) is 27.9 Å². The number of anilines is 1. The molecule has 0 atom stereocenters. The molecule has 2 N–H and O–H groups in total. The molecule has 0 fully saturated rings. The van der Waals surface area contributed by atoms with E-state index < -0.39 is 11.8 Å². The van der Waals surface area contributed by atoms with Gasteiger partial charge in [0.1, 0.15) is 11.6 Å². The van der Waals surface area contributed by atoms with Crippen molar-refractivity contribution in [3.8, 4) is 11.4 Å². The third-order valence-electron chi connectivity index (χ3n) is 5.02. The minimum Gasteiger partial charge on any atom is -0.497 e. The maximum atomic E-state index is 13.8. The summed E-state index contributed by atoms with van der Waals surface area (Å²) in [6.45, 7) is 2.13. The Bertz CT molecular complexity index is 1280. The number of hydrogen-bond acceptors (Lipinski definition) is 5. The van der Waals surface area contributed by atoms with Crippen molar-refractivity contribution in [1.29, 1.82) is 0 Å². The van der Waals surface area contributed by atoms with E-state index in [1.807, 2.05) is 60.0 Å². The molecule has 4 aromatic rings. The van der Waals surface area contributed by atoms with Crippen molar-refractivity contribution in [1.82, 2.24) is 20.1 Å². The number of halogens is 1. The van der Waals surface area contributed by atoms with Gasteiger partial charge in [-0.25, -0.2) is 9.18 Å². The van der Waals surface area contributed by atoms with Crippen LogP contribution in [0.1, 0.15) is 17.0 Å². The lowest BCUT2D eigenvalue weighted by Crippen LogP contribution is -2.29. The highest BCUT2D eigenvalue weighted by molar-refractivity contribution is 7.98. The molecule has 4 rings (SSSR count). The van der Waals surface area contributed by atoms with Crippen molar-refractivity contribution < 1.29 is 13.9 Å². The predicted octanol–water partition coefficient (Wildman–Crippen LogP) is 5.34. The normalized spacial score (nSPS) is 10.7. The van der Waals surface area contributed by atoms with Crippen LogP contribution in [-0.2, 0) is 12.3 Å². The molecule has 3 aromatic carbocycles. The van der Waals surface area contributed by atoms with Gasteiger partial charge in [-0.15, -0.1) is 10.2 Å². The highest BCUT2D eigenvalue weighted by Crippen LogP contribution is 2.27. The van der Waals surface area contributed by atoms with Crippen LogP contribution in [0, 0.1) is 12.7 Å². The number of ether oxygens (including phenoxy) is 1. The van der Waals surface area contributed by atoms with E-state index in [1.54, 1.807) is 19.2 Å². The summed E-state index contributed by atoms with van der Waals surface area (Å²) < 4.78 is 21.0. The molecule has 0 bridgehead atoms. The Morgan fingerprint density at radius 2 is 1.85 bits per heavy atom. The van der Waals surface area contributed by atoms with Crippen LogP contribution in [0.4, 0.5) is 14.9 Å². The van der Waals surface area contributed by atoms with Crippen LogP contribution >= 0.6 is 11.8 Å².